The number of rotatable bonds is 3. The third kappa shape index (κ3) is 3.45. The van der Waals surface area contributed by atoms with Crippen LogP contribution >= 0.6 is 0 Å². The summed E-state index contributed by atoms with van der Waals surface area (Å²) in [6, 6.07) is 4.23. The van der Waals surface area contributed by atoms with Crippen LogP contribution in [0.3, 0.4) is 0 Å². The minimum Gasteiger partial charge on any atom is -0.369 e. The lowest BCUT2D eigenvalue weighted by atomic mass is 9.97. The molecule has 0 atom stereocenters. The maximum Gasteiger partial charge on any atom is 0.0397 e. The van der Waals surface area contributed by atoms with Crippen LogP contribution in [0.1, 0.15) is 12.8 Å². The van der Waals surface area contributed by atoms with Gasteiger partial charge in [-0.05, 0) is 44.0 Å². The van der Waals surface area contributed by atoms with Gasteiger partial charge in [0.2, 0.25) is 0 Å². The lowest BCUT2D eigenvalue weighted by Gasteiger charge is -2.38. The van der Waals surface area contributed by atoms with Crippen LogP contribution < -0.4 is 10.2 Å². The van der Waals surface area contributed by atoms with Gasteiger partial charge in [0.15, 0.2) is 0 Å². The van der Waals surface area contributed by atoms with E-state index in [1.165, 1.54) is 51.3 Å². The molecular weight excluding hydrogens is 236 g/mol. The maximum absolute atomic E-state index is 4.09. The molecule has 4 heteroatoms. The lowest BCUT2D eigenvalue weighted by molar-refractivity contribution is 0.196. The van der Waals surface area contributed by atoms with Crippen LogP contribution in [0.5, 0.6) is 0 Å². The van der Waals surface area contributed by atoms with Gasteiger partial charge in [-0.15, -0.1) is 0 Å². The predicted octanol–water partition coefficient (Wildman–Crippen LogP) is 1.20. The molecule has 1 aromatic heterocycles. The van der Waals surface area contributed by atoms with Gasteiger partial charge in [0, 0.05) is 50.8 Å². The molecule has 3 heterocycles. The Bertz CT molecular complexity index is 367. The minimum absolute atomic E-state index is 0.911. The Morgan fingerprint density at radius 1 is 1.05 bits per heavy atom. The van der Waals surface area contributed by atoms with E-state index in [1.807, 2.05) is 12.4 Å². The average molecular weight is 260 g/mol. The van der Waals surface area contributed by atoms with E-state index in [0.29, 0.717) is 0 Å². The van der Waals surface area contributed by atoms with Crippen LogP contribution in [-0.4, -0.2) is 55.7 Å². The quantitative estimate of drug-likeness (QED) is 0.885. The molecule has 0 unspecified atom stereocenters. The van der Waals surface area contributed by atoms with Gasteiger partial charge in [-0.2, -0.15) is 0 Å². The number of anilines is 1. The summed E-state index contributed by atoms with van der Waals surface area (Å²) in [5.41, 5.74) is 1.32. The van der Waals surface area contributed by atoms with Crippen LogP contribution in [0, 0.1) is 5.92 Å². The van der Waals surface area contributed by atoms with Crippen LogP contribution in [0.2, 0.25) is 0 Å². The van der Waals surface area contributed by atoms with Crippen molar-refractivity contribution in [3.63, 3.8) is 0 Å². The van der Waals surface area contributed by atoms with Gasteiger partial charge in [0.05, 0.1) is 0 Å². The number of nitrogens with zero attached hydrogens (tertiary/aromatic N) is 3. The highest BCUT2D eigenvalue weighted by Crippen LogP contribution is 2.18. The van der Waals surface area contributed by atoms with Crippen LogP contribution in [-0.2, 0) is 0 Å². The van der Waals surface area contributed by atoms with E-state index in [9.17, 15) is 0 Å². The monoisotopic (exact) mass is 260 g/mol. The fourth-order valence-corrected chi connectivity index (χ4v) is 3.17. The highest BCUT2D eigenvalue weighted by Gasteiger charge is 2.21. The molecule has 1 N–H and O–H groups in total. The van der Waals surface area contributed by atoms with Gasteiger partial charge in [0.25, 0.3) is 0 Å². The second-order valence-corrected chi connectivity index (χ2v) is 5.69. The average Bonchev–Trinajstić information content (AvgIpc) is 2.50. The van der Waals surface area contributed by atoms with E-state index in [2.05, 4.69) is 32.2 Å². The summed E-state index contributed by atoms with van der Waals surface area (Å²) in [5.74, 6) is 0.911. The first-order chi connectivity index (χ1) is 9.42. The van der Waals surface area contributed by atoms with E-state index < -0.39 is 0 Å². The van der Waals surface area contributed by atoms with Crippen molar-refractivity contribution < 1.29 is 0 Å². The van der Waals surface area contributed by atoms with Gasteiger partial charge in [-0.1, -0.05) is 0 Å². The molecule has 2 aliphatic heterocycles. The van der Waals surface area contributed by atoms with E-state index in [4.69, 9.17) is 0 Å². The minimum atomic E-state index is 0.911. The lowest BCUT2D eigenvalue weighted by Crippen LogP contribution is -2.48. The Balaban J connectivity index is 1.46. The first-order valence-electron chi connectivity index (χ1n) is 7.50. The fourth-order valence-electron chi connectivity index (χ4n) is 3.17. The number of hydrogen-bond acceptors (Lipinski definition) is 4. The molecule has 2 saturated heterocycles. The number of hydrogen-bond donors (Lipinski definition) is 1. The molecule has 104 valence electrons. The number of nitrogens with one attached hydrogen (secondary N) is 1. The van der Waals surface area contributed by atoms with Gasteiger partial charge in [-0.25, -0.2) is 0 Å². The molecule has 19 heavy (non-hydrogen) atoms. The zero-order chi connectivity index (χ0) is 12.9. The van der Waals surface area contributed by atoms with Gasteiger partial charge in [-0.3, -0.25) is 9.88 Å². The molecule has 3 rings (SSSR count). The van der Waals surface area contributed by atoms with Crippen LogP contribution in [0.4, 0.5) is 5.69 Å². The van der Waals surface area contributed by atoms with Gasteiger partial charge >= 0.3 is 0 Å². The third-order valence-corrected chi connectivity index (χ3v) is 4.38. The molecule has 0 amide bonds. The van der Waals surface area contributed by atoms with Crippen molar-refractivity contribution in [1.82, 2.24) is 15.2 Å². The summed E-state index contributed by atoms with van der Waals surface area (Å²) in [6.45, 7) is 8.41. The number of pyridine rings is 1. The molecule has 2 aliphatic rings. The molecule has 2 fully saturated rings. The van der Waals surface area contributed by atoms with Gasteiger partial charge < -0.3 is 10.2 Å². The Morgan fingerprint density at radius 3 is 2.42 bits per heavy atom. The summed E-state index contributed by atoms with van der Waals surface area (Å²) in [5, 5.41) is 3.45. The summed E-state index contributed by atoms with van der Waals surface area (Å²) in [4.78, 5) is 9.21. The Hall–Kier alpha value is -1.13. The topological polar surface area (TPSA) is 31.4 Å². The SMILES string of the molecule is c1cc(N2CCN(CC3CCNCC3)CC2)ccn1. The zero-order valence-corrected chi connectivity index (χ0v) is 11.6. The number of piperidine rings is 1. The van der Waals surface area contributed by atoms with Crippen molar-refractivity contribution >= 4 is 5.69 Å². The molecule has 0 radical (unpaired) electrons. The zero-order valence-electron chi connectivity index (χ0n) is 11.6. The van der Waals surface area contributed by atoms with E-state index in [1.54, 1.807) is 0 Å². The second kappa shape index (κ2) is 6.35. The standard InChI is InChI=1S/C15H24N4/c1-5-16-6-2-14(1)13-18-9-11-19(12-10-18)15-3-7-17-8-4-15/h3-4,7-8,14,16H,1-2,5-6,9-13H2. The number of piperazine rings is 1. The van der Waals surface area contributed by atoms with E-state index in [-0.39, 0.29) is 0 Å². The van der Waals surface area contributed by atoms with E-state index >= 15 is 0 Å². The molecule has 0 saturated carbocycles. The van der Waals surface area contributed by atoms with Crippen molar-refractivity contribution in [3.05, 3.63) is 24.5 Å². The Labute approximate surface area is 115 Å². The van der Waals surface area contributed by atoms with Crippen molar-refractivity contribution in [1.29, 1.82) is 0 Å². The third-order valence-electron chi connectivity index (χ3n) is 4.38. The van der Waals surface area contributed by atoms with Crippen molar-refractivity contribution in [3.8, 4) is 0 Å². The number of aromatic nitrogens is 1. The molecule has 1 aromatic rings. The summed E-state index contributed by atoms with van der Waals surface area (Å²) in [7, 11) is 0. The Morgan fingerprint density at radius 2 is 1.74 bits per heavy atom. The van der Waals surface area contributed by atoms with Crippen LogP contribution in [0.25, 0.3) is 0 Å². The highest BCUT2D eigenvalue weighted by atomic mass is 15.3. The normalized spacial score (nSPS) is 22.6. The molecule has 0 spiro atoms. The molecule has 0 aliphatic carbocycles. The highest BCUT2D eigenvalue weighted by molar-refractivity contribution is 5.44. The molecule has 4 nitrogen and oxygen atoms in total. The molecular formula is C15H24N4. The first kappa shape index (κ1) is 12.9. The van der Waals surface area contributed by atoms with Crippen molar-refractivity contribution in [2.45, 2.75) is 12.8 Å². The largest absolute Gasteiger partial charge is 0.369 e. The van der Waals surface area contributed by atoms with E-state index in [0.717, 1.165) is 19.0 Å². The van der Waals surface area contributed by atoms with Crippen molar-refractivity contribution in [2.75, 3.05) is 50.7 Å². The maximum atomic E-state index is 4.09. The Kier molecular flexibility index (Phi) is 4.30. The second-order valence-electron chi connectivity index (χ2n) is 5.69. The fraction of sp³-hybridized carbons (Fsp3) is 0.667. The van der Waals surface area contributed by atoms with Crippen molar-refractivity contribution in [2.24, 2.45) is 5.92 Å². The molecule has 0 bridgehead atoms. The predicted molar refractivity (Wildman–Crippen MR) is 78.5 cm³/mol. The summed E-state index contributed by atoms with van der Waals surface area (Å²) >= 11 is 0. The van der Waals surface area contributed by atoms with Crippen LogP contribution in [0.15, 0.2) is 24.5 Å². The summed E-state index contributed by atoms with van der Waals surface area (Å²) in [6.07, 6.45) is 6.47. The van der Waals surface area contributed by atoms with Gasteiger partial charge in [0.1, 0.15) is 0 Å². The molecule has 0 aromatic carbocycles. The summed E-state index contributed by atoms with van der Waals surface area (Å²) < 4.78 is 0. The smallest absolute Gasteiger partial charge is 0.0397 e. The first-order valence-corrected chi connectivity index (χ1v) is 7.50.